The molecular weight excluding hydrogens is 214 g/mol. The Balaban J connectivity index is 1.70. The van der Waals surface area contributed by atoms with Crippen LogP contribution in [0, 0.1) is 5.92 Å². The minimum atomic E-state index is 0.261. The van der Waals surface area contributed by atoms with Gasteiger partial charge < -0.3 is 14.8 Å². The summed E-state index contributed by atoms with van der Waals surface area (Å²) in [5, 5.41) is 3.41. The molecule has 3 nitrogen and oxygen atoms in total. The van der Waals surface area contributed by atoms with E-state index in [0.717, 1.165) is 25.7 Å². The lowest BCUT2D eigenvalue weighted by Gasteiger charge is -2.31. The van der Waals surface area contributed by atoms with E-state index in [9.17, 15) is 0 Å². The SMILES string of the molecule is CNC(CCC1CCCCC1)C1COCCO1. The van der Waals surface area contributed by atoms with Crippen molar-refractivity contribution in [3.63, 3.8) is 0 Å². The van der Waals surface area contributed by atoms with Crippen molar-refractivity contribution < 1.29 is 9.47 Å². The van der Waals surface area contributed by atoms with Gasteiger partial charge in [-0.1, -0.05) is 32.1 Å². The Labute approximate surface area is 105 Å². The van der Waals surface area contributed by atoms with Crippen LogP contribution in [0.25, 0.3) is 0 Å². The van der Waals surface area contributed by atoms with Crippen molar-refractivity contribution in [2.45, 2.75) is 57.1 Å². The van der Waals surface area contributed by atoms with Crippen LogP contribution in [-0.2, 0) is 9.47 Å². The summed E-state index contributed by atoms with van der Waals surface area (Å²) < 4.78 is 11.3. The molecule has 2 aliphatic rings. The predicted octanol–water partition coefficient (Wildman–Crippen LogP) is 2.35. The summed E-state index contributed by atoms with van der Waals surface area (Å²) in [6.45, 7) is 2.28. The summed E-state index contributed by atoms with van der Waals surface area (Å²) in [6.07, 6.45) is 10.1. The highest BCUT2D eigenvalue weighted by molar-refractivity contribution is 4.79. The van der Waals surface area contributed by atoms with E-state index in [0.29, 0.717) is 6.04 Å². The summed E-state index contributed by atoms with van der Waals surface area (Å²) >= 11 is 0. The monoisotopic (exact) mass is 241 g/mol. The van der Waals surface area contributed by atoms with Crippen molar-refractivity contribution in [3.05, 3.63) is 0 Å². The first kappa shape index (κ1) is 13.3. The average Bonchev–Trinajstić information content (AvgIpc) is 2.42. The van der Waals surface area contributed by atoms with Gasteiger partial charge in [-0.2, -0.15) is 0 Å². The Hall–Kier alpha value is -0.120. The second-order valence-electron chi connectivity index (χ2n) is 5.46. The fourth-order valence-electron chi connectivity index (χ4n) is 3.15. The van der Waals surface area contributed by atoms with E-state index in [1.165, 1.54) is 44.9 Å². The van der Waals surface area contributed by atoms with E-state index in [1.54, 1.807) is 0 Å². The van der Waals surface area contributed by atoms with Crippen LogP contribution in [-0.4, -0.2) is 39.0 Å². The molecule has 1 saturated carbocycles. The maximum atomic E-state index is 5.78. The molecule has 0 amide bonds. The van der Waals surface area contributed by atoms with Crippen molar-refractivity contribution in [1.29, 1.82) is 0 Å². The lowest BCUT2D eigenvalue weighted by molar-refractivity contribution is -0.102. The van der Waals surface area contributed by atoms with Crippen molar-refractivity contribution in [3.8, 4) is 0 Å². The number of hydrogen-bond acceptors (Lipinski definition) is 3. The van der Waals surface area contributed by atoms with Crippen molar-refractivity contribution in [1.82, 2.24) is 5.32 Å². The maximum Gasteiger partial charge on any atom is 0.0961 e. The molecule has 1 saturated heterocycles. The summed E-state index contributed by atoms with van der Waals surface area (Å²) in [6, 6.07) is 0.470. The fraction of sp³-hybridized carbons (Fsp3) is 1.00. The Kier molecular flexibility index (Phi) is 5.75. The smallest absolute Gasteiger partial charge is 0.0961 e. The van der Waals surface area contributed by atoms with E-state index in [1.807, 2.05) is 7.05 Å². The number of hydrogen-bond donors (Lipinski definition) is 1. The summed E-state index contributed by atoms with van der Waals surface area (Å²) in [7, 11) is 2.05. The minimum Gasteiger partial charge on any atom is -0.376 e. The second kappa shape index (κ2) is 7.34. The lowest BCUT2D eigenvalue weighted by atomic mass is 9.84. The van der Waals surface area contributed by atoms with Crippen LogP contribution in [0.5, 0.6) is 0 Å². The van der Waals surface area contributed by atoms with Gasteiger partial charge in [-0.25, -0.2) is 0 Å². The van der Waals surface area contributed by atoms with Gasteiger partial charge in [0.1, 0.15) is 0 Å². The molecule has 2 rings (SSSR count). The summed E-state index contributed by atoms with van der Waals surface area (Å²) in [5.41, 5.74) is 0. The lowest BCUT2D eigenvalue weighted by Crippen LogP contribution is -2.45. The number of nitrogens with one attached hydrogen (secondary N) is 1. The molecule has 17 heavy (non-hydrogen) atoms. The zero-order valence-electron chi connectivity index (χ0n) is 11.1. The van der Waals surface area contributed by atoms with E-state index < -0.39 is 0 Å². The second-order valence-corrected chi connectivity index (χ2v) is 5.46. The fourth-order valence-corrected chi connectivity index (χ4v) is 3.15. The topological polar surface area (TPSA) is 30.5 Å². The highest BCUT2D eigenvalue weighted by atomic mass is 16.6. The molecular formula is C14H27NO2. The van der Waals surface area contributed by atoms with E-state index in [4.69, 9.17) is 9.47 Å². The first-order chi connectivity index (χ1) is 8.40. The van der Waals surface area contributed by atoms with Gasteiger partial charge in [0, 0.05) is 6.04 Å². The zero-order chi connectivity index (χ0) is 11.9. The summed E-state index contributed by atoms with van der Waals surface area (Å²) in [5.74, 6) is 0.962. The molecule has 100 valence electrons. The van der Waals surface area contributed by atoms with Crippen LogP contribution in [0.4, 0.5) is 0 Å². The van der Waals surface area contributed by atoms with Crippen molar-refractivity contribution in [2.24, 2.45) is 5.92 Å². The van der Waals surface area contributed by atoms with E-state index in [2.05, 4.69) is 5.32 Å². The van der Waals surface area contributed by atoms with Gasteiger partial charge in [0.2, 0.25) is 0 Å². The average molecular weight is 241 g/mol. The number of rotatable bonds is 5. The maximum absolute atomic E-state index is 5.78. The van der Waals surface area contributed by atoms with Crippen LogP contribution in [0.1, 0.15) is 44.9 Å². The Morgan fingerprint density at radius 1 is 1.18 bits per heavy atom. The third-order valence-electron chi connectivity index (χ3n) is 4.27. The molecule has 0 aromatic carbocycles. The largest absolute Gasteiger partial charge is 0.376 e. The number of ether oxygens (including phenoxy) is 2. The van der Waals surface area contributed by atoms with Crippen LogP contribution < -0.4 is 5.32 Å². The first-order valence-corrected chi connectivity index (χ1v) is 7.26. The van der Waals surface area contributed by atoms with E-state index >= 15 is 0 Å². The van der Waals surface area contributed by atoms with Crippen LogP contribution in [0.3, 0.4) is 0 Å². The normalized spacial score (nSPS) is 29.1. The van der Waals surface area contributed by atoms with Crippen molar-refractivity contribution in [2.75, 3.05) is 26.9 Å². The molecule has 2 unspecified atom stereocenters. The molecule has 0 aromatic heterocycles. The molecule has 2 fully saturated rings. The highest BCUT2D eigenvalue weighted by Crippen LogP contribution is 2.28. The summed E-state index contributed by atoms with van der Waals surface area (Å²) in [4.78, 5) is 0. The van der Waals surface area contributed by atoms with Gasteiger partial charge in [0.05, 0.1) is 25.9 Å². The minimum absolute atomic E-state index is 0.261. The molecule has 1 N–H and O–H groups in total. The van der Waals surface area contributed by atoms with Crippen molar-refractivity contribution >= 4 is 0 Å². The molecule has 1 aliphatic carbocycles. The predicted molar refractivity (Wildman–Crippen MR) is 69.2 cm³/mol. The quantitative estimate of drug-likeness (QED) is 0.801. The molecule has 0 aromatic rings. The Morgan fingerprint density at radius 3 is 2.65 bits per heavy atom. The van der Waals surface area contributed by atoms with Crippen LogP contribution in [0.2, 0.25) is 0 Å². The molecule has 0 radical (unpaired) electrons. The molecule has 3 heteroatoms. The highest BCUT2D eigenvalue weighted by Gasteiger charge is 2.25. The zero-order valence-corrected chi connectivity index (χ0v) is 11.1. The van der Waals surface area contributed by atoms with Gasteiger partial charge in [0.15, 0.2) is 0 Å². The van der Waals surface area contributed by atoms with E-state index in [-0.39, 0.29) is 6.10 Å². The molecule has 0 bridgehead atoms. The third-order valence-corrected chi connectivity index (χ3v) is 4.27. The van der Waals surface area contributed by atoms with Gasteiger partial charge in [-0.15, -0.1) is 0 Å². The van der Waals surface area contributed by atoms with Gasteiger partial charge in [-0.05, 0) is 25.8 Å². The molecule has 0 spiro atoms. The van der Waals surface area contributed by atoms with Crippen LogP contribution >= 0.6 is 0 Å². The first-order valence-electron chi connectivity index (χ1n) is 7.26. The molecule has 1 heterocycles. The number of likely N-dealkylation sites (N-methyl/N-ethyl adjacent to an activating group) is 1. The molecule has 2 atom stereocenters. The Morgan fingerprint density at radius 2 is 2.00 bits per heavy atom. The van der Waals surface area contributed by atoms with Gasteiger partial charge >= 0.3 is 0 Å². The van der Waals surface area contributed by atoms with Gasteiger partial charge in [-0.3, -0.25) is 0 Å². The van der Waals surface area contributed by atoms with Crippen LogP contribution in [0.15, 0.2) is 0 Å². The van der Waals surface area contributed by atoms with Gasteiger partial charge in [0.25, 0.3) is 0 Å². The molecule has 1 aliphatic heterocycles. The standard InChI is InChI=1S/C14H27NO2/c1-15-13(14-11-16-9-10-17-14)8-7-12-5-3-2-4-6-12/h12-15H,2-11H2,1H3. The third kappa shape index (κ3) is 4.23. The Bertz CT molecular complexity index is 198.